The molecule has 0 atom stereocenters. The van der Waals surface area contributed by atoms with E-state index in [0.717, 1.165) is 0 Å². The molecule has 0 spiro atoms. The number of fused-ring (bicyclic) bond motifs is 1. The summed E-state index contributed by atoms with van der Waals surface area (Å²) in [7, 11) is 2.14. The van der Waals surface area contributed by atoms with Gasteiger partial charge in [-0.15, -0.1) is 0 Å². The second-order valence-corrected chi connectivity index (χ2v) is 17.8. The summed E-state index contributed by atoms with van der Waals surface area (Å²) in [4.78, 5) is 0. The van der Waals surface area contributed by atoms with E-state index in [0.29, 0.717) is 0 Å². The molecule has 0 bridgehead atoms. The van der Waals surface area contributed by atoms with Crippen molar-refractivity contribution in [2.45, 2.75) is 24.2 Å². The van der Waals surface area contributed by atoms with Crippen LogP contribution in [0.3, 0.4) is 0 Å². The molecule has 2 aromatic carbocycles. The molecule has 0 radical (unpaired) electrons. The third-order valence-corrected chi connectivity index (χ3v) is 8.67. The van der Waals surface area contributed by atoms with E-state index in [9.17, 15) is 0 Å². The molecule has 0 amide bonds. The molecular formula is C20H24GeN+. The van der Waals surface area contributed by atoms with Crippen molar-refractivity contribution in [3.8, 4) is 11.3 Å². The molecule has 112 valence electrons. The van der Waals surface area contributed by atoms with Crippen LogP contribution in [0.25, 0.3) is 22.0 Å². The molecule has 1 heterocycles. The van der Waals surface area contributed by atoms with Gasteiger partial charge in [0.15, 0.2) is 0 Å². The molecule has 0 aliphatic carbocycles. The Kier molecular flexibility index (Phi) is 3.86. The number of aromatic nitrogens is 1. The Hall–Kier alpha value is -1.61. The Balaban J connectivity index is 2.24. The van der Waals surface area contributed by atoms with Gasteiger partial charge in [-0.3, -0.25) is 0 Å². The zero-order chi connectivity index (χ0) is 15.9. The molecule has 0 aliphatic heterocycles. The van der Waals surface area contributed by atoms with E-state index in [2.05, 4.69) is 90.5 Å². The van der Waals surface area contributed by atoms with Crippen LogP contribution < -0.4 is 8.96 Å². The number of hydrogen-bond acceptors (Lipinski definition) is 0. The molecule has 1 nitrogen and oxygen atoms in total. The van der Waals surface area contributed by atoms with Crippen LogP contribution >= 0.6 is 0 Å². The van der Waals surface area contributed by atoms with Gasteiger partial charge in [0, 0.05) is 0 Å². The average molecular weight is 351 g/mol. The van der Waals surface area contributed by atoms with Crippen LogP contribution in [0.15, 0.2) is 54.7 Å². The quantitative estimate of drug-likeness (QED) is 0.482. The van der Waals surface area contributed by atoms with E-state index in [1.54, 1.807) is 4.40 Å². The fraction of sp³-hybridized carbons (Fsp3) is 0.250. The summed E-state index contributed by atoms with van der Waals surface area (Å²) in [6.45, 7) is 2.22. The van der Waals surface area contributed by atoms with Gasteiger partial charge in [0.25, 0.3) is 0 Å². The van der Waals surface area contributed by atoms with Crippen LogP contribution in [0.2, 0.25) is 17.3 Å². The van der Waals surface area contributed by atoms with Crippen molar-refractivity contribution >= 4 is 28.4 Å². The SMILES string of the molecule is Cc1cc2ccccc2cc1-c1c[c]([Ge]([CH3])([CH3])[CH3])cc[n+]1C. The first-order valence-electron chi connectivity index (χ1n) is 7.86. The second kappa shape index (κ2) is 5.55. The molecule has 0 aliphatic rings. The van der Waals surface area contributed by atoms with Gasteiger partial charge in [-0.25, -0.2) is 0 Å². The van der Waals surface area contributed by atoms with E-state index >= 15 is 0 Å². The zero-order valence-electron chi connectivity index (χ0n) is 14.1. The van der Waals surface area contributed by atoms with E-state index in [1.165, 1.54) is 27.6 Å². The fourth-order valence-corrected chi connectivity index (χ4v) is 5.33. The van der Waals surface area contributed by atoms with Crippen LogP contribution in [-0.4, -0.2) is 13.3 Å². The van der Waals surface area contributed by atoms with Gasteiger partial charge in [-0.05, 0) is 0 Å². The molecule has 22 heavy (non-hydrogen) atoms. The molecule has 3 rings (SSSR count). The Morgan fingerprint density at radius 2 is 1.50 bits per heavy atom. The van der Waals surface area contributed by atoms with Gasteiger partial charge in [-0.1, -0.05) is 0 Å². The summed E-state index contributed by atoms with van der Waals surface area (Å²) in [5, 5.41) is 2.63. The number of hydrogen-bond donors (Lipinski definition) is 0. The normalized spacial score (nSPS) is 11.9. The van der Waals surface area contributed by atoms with Crippen LogP contribution in [0, 0.1) is 6.92 Å². The standard InChI is InChI=1S/C20H24GeN/c1-15-12-16-8-6-7-9-17(16)13-19(15)20-14-18(21(2,3)4)10-11-22(20)5/h6-14H,1-5H3/q+1. The summed E-state index contributed by atoms with van der Waals surface area (Å²) >= 11 is -1.82. The van der Waals surface area contributed by atoms with Gasteiger partial charge < -0.3 is 0 Å². The van der Waals surface area contributed by atoms with Crippen LogP contribution in [0.4, 0.5) is 0 Å². The Labute approximate surface area is 136 Å². The van der Waals surface area contributed by atoms with Crippen molar-refractivity contribution < 1.29 is 4.57 Å². The first kappa shape index (κ1) is 15.3. The number of nitrogens with zero attached hydrogens (tertiary/aromatic N) is 1. The Morgan fingerprint density at radius 3 is 2.14 bits per heavy atom. The topological polar surface area (TPSA) is 3.88 Å². The molecule has 0 saturated heterocycles. The predicted molar refractivity (Wildman–Crippen MR) is 98.3 cm³/mol. The average Bonchev–Trinajstić information content (AvgIpc) is 2.46. The van der Waals surface area contributed by atoms with Crippen molar-refractivity contribution in [1.29, 1.82) is 0 Å². The minimum absolute atomic E-state index is 1.31. The van der Waals surface area contributed by atoms with Crippen molar-refractivity contribution in [3.05, 3.63) is 60.3 Å². The van der Waals surface area contributed by atoms with Gasteiger partial charge in [0.2, 0.25) is 0 Å². The third-order valence-electron chi connectivity index (χ3n) is 4.38. The van der Waals surface area contributed by atoms with E-state index in [-0.39, 0.29) is 0 Å². The Bertz CT molecular complexity index is 844. The molecule has 0 saturated carbocycles. The monoisotopic (exact) mass is 352 g/mol. The third kappa shape index (κ3) is 2.82. The van der Waals surface area contributed by atoms with Gasteiger partial charge in [0.1, 0.15) is 0 Å². The van der Waals surface area contributed by atoms with Crippen molar-refractivity contribution in [2.75, 3.05) is 0 Å². The van der Waals surface area contributed by atoms with Gasteiger partial charge in [0.05, 0.1) is 0 Å². The number of pyridine rings is 1. The number of aryl methyl sites for hydroxylation is 2. The first-order chi connectivity index (χ1) is 10.4. The van der Waals surface area contributed by atoms with Crippen molar-refractivity contribution in [3.63, 3.8) is 0 Å². The van der Waals surface area contributed by atoms with E-state index < -0.39 is 13.3 Å². The van der Waals surface area contributed by atoms with Crippen LogP contribution in [0.5, 0.6) is 0 Å². The second-order valence-electron chi connectivity index (χ2n) is 7.18. The summed E-state index contributed by atoms with van der Waals surface area (Å²) in [5.41, 5.74) is 4.00. The zero-order valence-corrected chi connectivity index (χ0v) is 16.2. The molecule has 1 aromatic heterocycles. The summed E-state index contributed by atoms with van der Waals surface area (Å²) in [5.74, 6) is 7.35. The van der Waals surface area contributed by atoms with Gasteiger partial charge in [-0.2, -0.15) is 0 Å². The number of rotatable bonds is 2. The van der Waals surface area contributed by atoms with Crippen molar-refractivity contribution in [2.24, 2.45) is 7.05 Å². The summed E-state index contributed by atoms with van der Waals surface area (Å²) in [6, 6.07) is 18.0. The molecule has 0 N–H and O–H groups in total. The van der Waals surface area contributed by atoms with E-state index in [4.69, 9.17) is 0 Å². The van der Waals surface area contributed by atoms with E-state index in [1.807, 2.05) is 0 Å². The maximum atomic E-state index is 2.45. The van der Waals surface area contributed by atoms with Gasteiger partial charge >= 0.3 is 136 Å². The van der Waals surface area contributed by atoms with Crippen LogP contribution in [-0.2, 0) is 7.05 Å². The molecular weight excluding hydrogens is 327 g/mol. The summed E-state index contributed by atoms with van der Waals surface area (Å²) < 4.78 is 3.80. The Morgan fingerprint density at radius 1 is 0.864 bits per heavy atom. The number of benzene rings is 2. The maximum absolute atomic E-state index is 2.45. The van der Waals surface area contributed by atoms with Crippen LogP contribution in [0.1, 0.15) is 5.56 Å². The summed E-state index contributed by atoms with van der Waals surface area (Å²) in [6.07, 6.45) is 2.22. The molecule has 0 unspecified atom stereocenters. The molecule has 3 aromatic rings. The molecule has 2 heteroatoms. The first-order valence-corrected chi connectivity index (χ1v) is 15.2. The van der Waals surface area contributed by atoms with Crippen molar-refractivity contribution in [1.82, 2.24) is 0 Å². The molecule has 0 fully saturated rings. The minimum atomic E-state index is -1.82. The predicted octanol–water partition coefficient (Wildman–Crippen LogP) is 4.18. The fourth-order valence-electron chi connectivity index (χ4n) is 2.93.